The molecule has 3 unspecified atom stereocenters. The van der Waals surface area contributed by atoms with Crippen LogP contribution in [0.1, 0.15) is 228 Å². The maximum absolute atomic E-state index is 12.8. The van der Waals surface area contributed by atoms with Gasteiger partial charge in [-0.3, -0.25) is 14.1 Å². The Morgan fingerprint density at radius 2 is 1.10 bits per heavy atom. The molecule has 0 bridgehead atoms. The van der Waals surface area contributed by atoms with Gasteiger partial charge in [0.15, 0.2) is 5.56 Å². The summed E-state index contributed by atoms with van der Waals surface area (Å²) in [6.07, 6.45) is 34.1. The van der Waals surface area contributed by atoms with Crippen LogP contribution in [0.5, 0.6) is 5.88 Å². The molecule has 1 aromatic heterocycles. The number of hydrogen-bond donors (Lipinski definition) is 0. The van der Waals surface area contributed by atoms with Crippen LogP contribution in [0.3, 0.4) is 0 Å². The molecule has 3 atom stereocenters. The van der Waals surface area contributed by atoms with Gasteiger partial charge in [0.05, 0.1) is 31.9 Å². The number of carbonyl (C=O) groups is 2. The Kier molecular flexibility index (Phi) is 36.9. The standard InChI is InChI=1S/C31H56N3O3S.C17H33ClO2.HI/c1-6-8-10-12-13-14-15-16-17-18-22-28(35)37-31(26(3)4)34(5)23-20-21-27(25-34)29-30(33-38-32-29)36-24-19-11-9-7-2;1-4-5-6-7-8-9-10-11-12-13-14-16(19)20-17(18)15(2)3;/h21,26,31H,6-20,22-25H2,1-5H3;15,17H,4-14H2,1-3H3;1H/q+1;;/p-1. The van der Waals surface area contributed by atoms with Gasteiger partial charge in [-0.2, -0.15) is 4.37 Å². The van der Waals surface area contributed by atoms with Gasteiger partial charge < -0.3 is 38.2 Å². The smallest absolute Gasteiger partial charge is 0.310 e. The third-order valence-corrected chi connectivity index (χ3v) is 12.3. The fraction of sp³-hybridized carbons (Fsp3) is 0.875. The normalized spacial score (nSPS) is 16.2. The van der Waals surface area contributed by atoms with Crippen LogP contribution in [0, 0.1) is 11.8 Å². The van der Waals surface area contributed by atoms with Crippen LogP contribution in [-0.2, 0) is 19.1 Å². The third kappa shape index (κ3) is 28.4. The number of nitrogens with zero attached hydrogens (tertiary/aromatic N) is 3. The molecule has 0 radical (unpaired) electrons. The zero-order valence-corrected chi connectivity index (χ0v) is 42.9. The SMILES string of the molecule is CCCCCCCCCCCCC(=O)OC(C(C)C)[N+]1(C)CCC=C(c2nsnc2OCCCCCC)C1.CCCCCCCCCCCCC(=O)OC(Cl)C(C)C.[I-]. The van der Waals surface area contributed by atoms with E-state index in [0.29, 0.717) is 29.8 Å². The topological polar surface area (TPSA) is 87.6 Å². The van der Waals surface area contributed by atoms with Crippen LogP contribution in [-0.4, -0.2) is 63.7 Å². The van der Waals surface area contributed by atoms with E-state index >= 15 is 0 Å². The number of likely N-dealkylation sites (N-methyl/N-ethyl adjacent to an activating group) is 1. The van der Waals surface area contributed by atoms with Crippen LogP contribution in [0.25, 0.3) is 5.57 Å². The molecule has 0 saturated heterocycles. The number of unbranched alkanes of at least 4 members (excludes halogenated alkanes) is 21. The number of aromatic nitrogens is 2. The lowest BCUT2D eigenvalue weighted by molar-refractivity contribution is -0.950. The molecular weight excluding hydrogens is 893 g/mol. The lowest BCUT2D eigenvalue weighted by Gasteiger charge is -2.44. The summed E-state index contributed by atoms with van der Waals surface area (Å²) in [7, 11) is 2.22. The molecule has 1 aromatic rings. The summed E-state index contributed by atoms with van der Waals surface area (Å²) in [5.74, 6) is 0.862. The second kappa shape index (κ2) is 37.6. The summed E-state index contributed by atoms with van der Waals surface area (Å²) in [5.41, 5.74) is 1.55. The van der Waals surface area contributed by atoms with Crippen molar-refractivity contribution in [1.29, 1.82) is 0 Å². The van der Waals surface area contributed by atoms with E-state index in [9.17, 15) is 9.59 Å². The molecule has 59 heavy (non-hydrogen) atoms. The van der Waals surface area contributed by atoms with E-state index in [-0.39, 0.29) is 54.0 Å². The molecule has 11 heteroatoms. The molecular formula is C48H89ClIN3O5S. The minimum atomic E-state index is -0.481. The van der Waals surface area contributed by atoms with Crippen molar-refractivity contribution in [3.63, 3.8) is 0 Å². The maximum Gasteiger partial charge on any atom is 0.310 e. The summed E-state index contributed by atoms with van der Waals surface area (Å²) in [6.45, 7) is 17.4. The second-order valence-electron chi connectivity index (χ2n) is 17.8. The predicted octanol–water partition coefficient (Wildman–Crippen LogP) is 11.6. The van der Waals surface area contributed by atoms with Crippen LogP contribution < -0.4 is 28.7 Å². The van der Waals surface area contributed by atoms with Gasteiger partial charge in [0.1, 0.15) is 12.2 Å². The fourth-order valence-electron chi connectivity index (χ4n) is 7.64. The Bertz CT molecular complexity index is 1200. The quantitative estimate of drug-likeness (QED) is 0.0223. The predicted molar refractivity (Wildman–Crippen MR) is 246 cm³/mol. The molecule has 0 saturated carbocycles. The Hall–Kier alpha value is -0.980. The number of quaternary nitrogens is 1. The Morgan fingerprint density at radius 1 is 0.661 bits per heavy atom. The number of ether oxygens (including phenoxy) is 3. The highest BCUT2D eigenvalue weighted by Gasteiger charge is 2.41. The van der Waals surface area contributed by atoms with Gasteiger partial charge >= 0.3 is 11.9 Å². The summed E-state index contributed by atoms with van der Waals surface area (Å²) in [5, 5.41) is 0. The van der Waals surface area contributed by atoms with Crippen molar-refractivity contribution < 1.29 is 52.3 Å². The molecule has 8 nitrogen and oxygen atoms in total. The fourth-order valence-corrected chi connectivity index (χ4v) is 8.27. The highest BCUT2D eigenvalue weighted by Crippen LogP contribution is 2.33. The molecule has 2 heterocycles. The minimum Gasteiger partial charge on any atom is -1.00 e. The molecule has 0 fully saturated rings. The van der Waals surface area contributed by atoms with E-state index in [0.717, 1.165) is 62.9 Å². The molecule has 1 aliphatic heterocycles. The van der Waals surface area contributed by atoms with E-state index < -0.39 is 5.56 Å². The summed E-state index contributed by atoms with van der Waals surface area (Å²) >= 11 is 7.12. The Morgan fingerprint density at radius 3 is 1.56 bits per heavy atom. The van der Waals surface area contributed by atoms with Crippen molar-refractivity contribution in [2.24, 2.45) is 11.8 Å². The van der Waals surface area contributed by atoms with Crippen molar-refractivity contribution in [2.45, 2.75) is 234 Å². The molecule has 1 aliphatic rings. The lowest BCUT2D eigenvalue weighted by atomic mass is 10.0. The number of carbonyl (C=O) groups excluding carboxylic acids is 2. The number of hydrogen-bond acceptors (Lipinski definition) is 8. The number of rotatable bonds is 34. The Labute approximate surface area is 389 Å². The zero-order valence-electron chi connectivity index (χ0n) is 39.1. The second-order valence-corrected chi connectivity index (χ2v) is 18.7. The van der Waals surface area contributed by atoms with E-state index in [1.54, 1.807) is 0 Å². The highest BCUT2D eigenvalue weighted by atomic mass is 127. The van der Waals surface area contributed by atoms with Crippen molar-refractivity contribution in [1.82, 2.24) is 8.75 Å². The maximum atomic E-state index is 12.8. The van der Waals surface area contributed by atoms with Gasteiger partial charge in [0.25, 0.3) is 5.88 Å². The van der Waals surface area contributed by atoms with E-state index in [1.165, 1.54) is 134 Å². The van der Waals surface area contributed by atoms with E-state index in [1.807, 2.05) is 13.8 Å². The van der Waals surface area contributed by atoms with Gasteiger partial charge in [-0.15, -0.1) is 4.37 Å². The minimum absolute atomic E-state index is 0. The summed E-state index contributed by atoms with van der Waals surface area (Å²) in [6, 6.07) is 0. The largest absolute Gasteiger partial charge is 1.00 e. The average molecular weight is 983 g/mol. The molecule has 0 aromatic carbocycles. The molecule has 346 valence electrons. The van der Waals surface area contributed by atoms with Gasteiger partial charge in [-0.25, -0.2) is 0 Å². The molecule has 2 rings (SSSR count). The first-order chi connectivity index (χ1) is 28.0. The highest BCUT2D eigenvalue weighted by molar-refractivity contribution is 6.99. The number of halogens is 2. The van der Waals surface area contributed by atoms with Gasteiger partial charge in [-0.05, 0) is 19.3 Å². The van der Waals surface area contributed by atoms with E-state index in [4.69, 9.17) is 25.8 Å². The monoisotopic (exact) mass is 982 g/mol. The van der Waals surface area contributed by atoms with Gasteiger partial charge in [0.2, 0.25) is 6.23 Å². The summed E-state index contributed by atoms with van der Waals surface area (Å²) < 4.78 is 27.0. The van der Waals surface area contributed by atoms with Crippen LogP contribution >= 0.6 is 23.3 Å². The number of esters is 2. The van der Waals surface area contributed by atoms with Crippen molar-refractivity contribution in [3.05, 3.63) is 11.8 Å². The van der Waals surface area contributed by atoms with Gasteiger partial charge in [0, 0.05) is 36.7 Å². The first-order valence-electron chi connectivity index (χ1n) is 24.0. The van der Waals surface area contributed by atoms with Crippen molar-refractivity contribution >= 4 is 40.8 Å². The van der Waals surface area contributed by atoms with Crippen LogP contribution in [0.2, 0.25) is 0 Å². The molecule has 0 amide bonds. The number of alkyl halides is 1. The third-order valence-electron chi connectivity index (χ3n) is 11.2. The lowest BCUT2D eigenvalue weighted by Crippen LogP contribution is -3.00. The molecule has 0 N–H and O–H groups in total. The van der Waals surface area contributed by atoms with Crippen molar-refractivity contribution in [3.8, 4) is 5.88 Å². The Balaban J connectivity index is 0.00000136. The average Bonchev–Trinajstić information content (AvgIpc) is 3.67. The molecule has 0 aliphatic carbocycles. The first-order valence-corrected chi connectivity index (χ1v) is 25.2. The zero-order chi connectivity index (χ0) is 42.9. The van der Waals surface area contributed by atoms with E-state index in [2.05, 4.69) is 56.5 Å². The van der Waals surface area contributed by atoms with Crippen molar-refractivity contribution in [2.75, 3.05) is 26.7 Å². The van der Waals surface area contributed by atoms with Gasteiger partial charge in [-0.1, -0.05) is 201 Å². The molecule has 0 spiro atoms. The summed E-state index contributed by atoms with van der Waals surface area (Å²) in [4.78, 5) is 24.3. The van der Waals surface area contributed by atoms with Crippen LogP contribution in [0.15, 0.2) is 6.08 Å². The van der Waals surface area contributed by atoms with Crippen LogP contribution in [0.4, 0.5) is 0 Å². The first kappa shape index (κ1) is 58.0.